The summed E-state index contributed by atoms with van der Waals surface area (Å²) < 4.78 is 0. The fourth-order valence-corrected chi connectivity index (χ4v) is 2.44. The molecule has 0 bridgehead atoms. The Morgan fingerprint density at radius 1 is 1.17 bits per heavy atom. The molecular formula is C12H8ClNO3S. The lowest BCUT2D eigenvalue weighted by Gasteiger charge is -2.10. The Labute approximate surface area is 112 Å². The highest BCUT2D eigenvalue weighted by molar-refractivity contribution is 7.99. The second kappa shape index (κ2) is 4.96. The number of anilines is 1. The molecule has 4 nitrogen and oxygen atoms in total. The summed E-state index contributed by atoms with van der Waals surface area (Å²) in [6.07, 6.45) is 0. The number of carbonyl (C=O) groups is 1. The van der Waals surface area contributed by atoms with E-state index in [9.17, 15) is 14.4 Å². The first-order valence-electron chi connectivity index (χ1n) is 5.03. The lowest BCUT2D eigenvalue weighted by Crippen LogP contribution is -2.37. The summed E-state index contributed by atoms with van der Waals surface area (Å²) >= 11 is 6.88. The molecule has 0 aliphatic heterocycles. The molecule has 92 valence electrons. The molecule has 2 rings (SSSR count). The van der Waals surface area contributed by atoms with Crippen LogP contribution in [0.3, 0.4) is 0 Å². The average Bonchev–Trinajstić information content (AvgIpc) is 2.35. The largest absolute Gasteiger partial charge is 0.322 e. The number of nitrogens with one attached hydrogen (secondary N) is 1. The first-order valence-corrected chi connectivity index (χ1v) is 6.23. The fraction of sp³-hybridized carbons (Fsp3) is 0.0833. The molecule has 0 fully saturated rings. The highest BCUT2D eigenvalue weighted by Crippen LogP contribution is 2.30. The number of rotatable bonds is 3. The Balaban J connectivity index is 2.27. The van der Waals surface area contributed by atoms with Gasteiger partial charge in [-0.25, -0.2) is 0 Å². The molecule has 0 atom stereocenters. The van der Waals surface area contributed by atoms with E-state index < -0.39 is 10.9 Å². The standard InChI is InChI=1S/C12H8ClNO3S/c1-6(15)14-9-10(16)11(17)12(9)18-8-4-2-7(13)3-5-8/h2-5H,1H3,(H,14,15). The summed E-state index contributed by atoms with van der Waals surface area (Å²) in [5, 5.41) is 2.95. The second-order valence-corrected chi connectivity index (χ2v) is 5.12. The zero-order valence-electron chi connectivity index (χ0n) is 9.32. The van der Waals surface area contributed by atoms with E-state index in [4.69, 9.17) is 11.6 Å². The molecule has 2 aromatic rings. The minimum absolute atomic E-state index is 0.0763. The van der Waals surface area contributed by atoms with Crippen LogP contribution in [-0.4, -0.2) is 5.91 Å². The minimum Gasteiger partial charge on any atom is -0.322 e. The van der Waals surface area contributed by atoms with E-state index in [1.807, 2.05) is 0 Å². The van der Waals surface area contributed by atoms with Crippen molar-refractivity contribution in [2.24, 2.45) is 0 Å². The van der Waals surface area contributed by atoms with Crippen molar-refractivity contribution in [2.45, 2.75) is 16.7 Å². The van der Waals surface area contributed by atoms with E-state index in [1.54, 1.807) is 24.3 Å². The maximum absolute atomic E-state index is 11.4. The van der Waals surface area contributed by atoms with Gasteiger partial charge in [0.25, 0.3) is 5.43 Å². The number of halogens is 1. The molecule has 1 N–H and O–H groups in total. The van der Waals surface area contributed by atoms with E-state index in [0.29, 0.717) is 5.02 Å². The third-order valence-corrected chi connectivity index (χ3v) is 3.55. The van der Waals surface area contributed by atoms with Crippen molar-refractivity contribution >= 4 is 35.0 Å². The zero-order valence-corrected chi connectivity index (χ0v) is 10.9. The number of carbonyl (C=O) groups excluding carboxylic acids is 1. The molecule has 0 radical (unpaired) electrons. The van der Waals surface area contributed by atoms with Crippen molar-refractivity contribution in [3.8, 4) is 0 Å². The first-order chi connectivity index (χ1) is 8.49. The second-order valence-electron chi connectivity index (χ2n) is 3.60. The molecule has 0 aliphatic carbocycles. The molecule has 18 heavy (non-hydrogen) atoms. The summed E-state index contributed by atoms with van der Waals surface area (Å²) in [7, 11) is 0. The van der Waals surface area contributed by atoms with Crippen LogP contribution in [0.5, 0.6) is 0 Å². The molecule has 0 saturated carbocycles. The first kappa shape index (κ1) is 12.9. The summed E-state index contributed by atoms with van der Waals surface area (Å²) in [4.78, 5) is 34.7. The monoisotopic (exact) mass is 281 g/mol. The van der Waals surface area contributed by atoms with Gasteiger partial charge in [-0.05, 0) is 24.3 Å². The number of hydrogen-bond acceptors (Lipinski definition) is 4. The Hall–Kier alpha value is -1.59. The van der Waals surface area contributed by atoms with Gasteiger partial charge in [0.1, 0.15) is 5.69 Å². The van der Waals surface area contributed by atoms with Gasteiger partial charge in [0.2, 0.25) is 11.3 Å². The molecule has 2 aromatic carbocycles. The van der Waals surface area contributed by atoms with Gasteiger partial charge in [-0.2, -0.15) is 0 Å². The van der Waals surface area contributed by atoms with Gasteiger partial charge in [-0.15, -0.1) is 0 Å². The molecule has 6 heteroatoms. The van der Waals surface area contributed by atoms with Crippen LogP contribution in [-0.2, 0) is 4.79 Å². The SMILES string of the molecule is CC(=O)Nc1c(Sc2ccc(Cl)cc2)c(=O)c1=O. The van der Waals surface area contributed by atoms with Crippen LogP contribution in [0.25, 0.3) is 0 Å². The van der Waals surface area contributed by atoms with Crippen LogP contribution in [0.2, 0.25) is 5.02 Å². The fourth-order valence-electron chi connectivity index (χ4n) is 1.38. The van der Waals surface area contributed by atoms with Gasteiger partial charge in [0, 0.05) is 16.8 Å². The van der Waals surface area contributed by atoms with Gasteiger partial charge in [-0.3, -0.25) is 14.4 Å². The van der Waals surface area contributed by atoms with Gasteiger partial charge in [0.15, 0.2) is 0 Å². The van der Waals surface area contributed by atoms with Crippen LogP contribution in [0.1, 0.15) is 6.92 Å². The van der Waals surface area contributed by atoms with Gasteiger partial charge >= 0.3 is 0 Å². The maximum Gasteiger partial charge on any atom is 0.251 e. The molecule has 0 spiro atoms. The van der Waals surface area contributed by atoms with Gasteiger partial charge in [0.05, 0.1) is 4.90 Å². The molecule has 1 amide bonds. The normalized spacial score (nSPS) is 10.6. The molecular weight excluding hydrogens is 274 g/mol. The van der Waals surface area contributed by atoms with Crippen LogP contribution in [0.4, 0.5) is 5.69 Å². The summed E-state index contributed by atoms with van der Waals surface area (Å²) in [6.45, 7) is 1.29. The van der Waals surface area contributed by atoms with Gasteiger partial charge < -0.3 is 5.32 Å². The lowest BCUT2D eigenvalue weighted by molar-refractivity contribution is -0.114. The van der Waals surface area contributed by atoms with Gasteiger partial charge in [-0.1, -0.05) is 23.4 Å². The average molecular weight is 282 g/mol. The van der Waals surface area contributed by atoms with Crippen molar-refractivity contribution in [3.05, 3.63) is 49.7 Å². The molecule has 0 aliphatic rings. The van der Waals surface area contributed by atoms with Crippen LogP contribution in [0, 0.1) is 0 Å². The van der Waals surface area contributed by atoms with Crippen molar-refractivity contribution in [2.75, 3.05) is 5.32 Å². The molecule has 0 saturated heterocycles. The van der Waals surface area contributed by atoms with Crippen LogP contribution >= 0.6 is 23.4 Å². The molecule has 0 unspecified atom stereocenters. The van der Waals surface area contributed by atoms with Crippen molar-refractivity contribution in [1.82, 2.24) is 0 Å². The predicted molar refractivity (Wildman–Crippen MR) is 71.2 cm³/mol. The molecule has 0 heterocycles. The Morgan fingerprint density at radius 2 is 1.78 bits per heavy atom. The zero-order chi connectivity index (χ0) is 13.3. The van der Waals surface area contributed by atoms with Crippen molar-refractivity contribution in [3.63, 3.8) is 0 Å². The number of amides is 1. The summed E-state index contributed by atoms with van der Waals surface area (Å²) in [6, 6.07) is 6.85. The van der Waals surface area contributed by atoms with E-state index in [-0.39, 0.29) is 16.5 Å². The van der Waals surface area contributed by atoms with E-state index >= 15 is 0 Å². The third-order valence-electron chi connectivity index (χ3n) is 2.20. The maximum atomic E-state index is 11.4. The summed E-state index contributed by atoms with van der Waals surface area (Å²) in [5.74, 6) is -0.375. The van der Waals surface area contributed by atoms with E-state index in [1.165, 1.54) is 6.92 Å². The lowest BCUT2D eigenvalue weighted by atomic mass is 10.2. The highest BCUT2D eigenvalue weighted by Gasteiger charge is 2.22. The smallest absolute Gasteiger partial charge is 0.251 e. The van der Waals surface area contributed by atoms with Crippen molar-refractivity contribution in [1.29, 1.82) is 0 Å². The number of benzene rings is 1. The van der Waals surface area contributed by atoms with E-state index in [2.05, 4.69) is 5.32 Å². The Kier molecular flexibility index (Phi) is 3.54. The Morgan fingerprint density at radius 3 is 2.33 bits per heavy atom. The predicted octanol–water partition coefficient (Wildman–Crippen LogP) is 2.05. The molecule has 0 aromatic heterocycles. The quantitative estimate of drug-likeness (QED) is 0.875. The summed E-state index contributed by atoms with van der Waals surface area (Å²) in [5.41, 5.74) is -1.15. The van der Waals surface area contributed by atoms with Crippen LogP contribution in [0.15, 0.2) is 43.6 Å². The minimum atomic E-state index is -0.651. The third kappa shape index (κ3) is 2.47. The Bertz CT molecular complexity index is 671. The van der Waals surface area contributed by atoms with E-state index in [0.717, 1.165) is 16.7 Å². The van der Waals surface area contributed by atoms with Crippen LogP contribution < -0.4 is 16.2 Å². The topological polar surface area (TPSA) is 63.2 Å². The van der Waals surface area contributed by atoms with Crippen molar-refractivity contribution < 1.29 is 4.79 Å². The highest BCUT2D eigenvalue weighted by atomic mass is 35.5. The number of hydrogen-bond donors (Lipinski definition) is 1.